The van der Waals surface area contributed by atoms with Gasteiger partial charge in [0, 0.05) is 13.1 Å². The Balaban J connectivity index is 2.58. The molecule has 0 aliphatic carbocycles. The van der Waals surface area contributed by atoms with Gasteiger partial charge in [-0.1, -0.05) is 19.9 Å². The maximum absolute atomic E-state index is 12.1. The Morgan fingerprint density at radius 2 is 2.00 bits per heavy atom. The van der Waals surface area contributed by atoms with E-state index in [1.165, 1.54) is 0 Å². The van der Waals surface area contributed by atoms with Gasteiger partial charge in [0.2, 0.25) is 0 Å². The van der Waals surface area contributed by atoms with Crippen LogP contribution in [0.2, 0.25) is 0 Å². The SMILES string of the molecule is CCN(CC)CCNC(=O)c1ccc(C)cc1NN. The van der Waals surface area contributed by atoms with Crippen LogP contribution in [0.1, 0.15) is 29.8 Å². The summed E-state index contributed by atoms with van der Waals surface area (Å²) in [6.07, 6.45) is 0. The van der Waals surface area contributed by atoms with E-state index < -0.39 is 0 Å². The van der Waals surface area contributed by atoms with Crippen molar-refractivity contribution in [3.05, 3.63) is 29.3 Å². The van der Waals surface area contributed by atoms with E-state index in [9.17, 15) is 4.79 Å². The Morgan fingerprint density at radius 1 is 1.32 bits per heavy atom. The van der Waals surface area contributed by atoms with Gasteiger partial charge in [-0.05, 0) is 37.7 Å². The monoisotopic (exact) mass is 264 g/mol. The number of hydrazine groups is 1. The quantitative estimate of drug-likeness (QED) is 0.513. The number of hydrogen-bond donors (Lipinski definition) is 3. The summed E-state index contributed by atoms with van der Waals surface area (Å²) in [6.45, 7) is 9.67. The molecule has 0 saturated carbocycles. The van der Waals surface area contributed by atoms with Crippen LogP contribution in [0.4, 0.5) is 5.69 Å². The molecule has 5 nitrogen and oxygen atoms in total. The molecule has 5 heteroatoms. The van der Waals surface area contributed by atoms with Crippen LogP contribution in [0, 0.1) is 6.92 Å². The molecular weight excluding hydrogens is 240 g/mol. The van der Waals surface area contributed by atoms with Gasteiger partial charge in [-0.25, -0.2) is 0 Å². The first-order chi connectivity index (χ1) is 9.12. The molecule has 0 atom stereocenters. The van der Waals surface area contributed by atoms with E-state index in [0.29, 0.717) is 17.8 Å². The molecule has 0 heterocycles. The molecule has 1 amide bonds. The first-order valence-electron chi connectivity index (χ1n) is 6.70. The standard InChI is InChI=1S/C14H24N4O/c1-4-18(5-2)9-8-16-14(19)12-7-6-11(3)10-13(12)17-15/h6-7,10,17H,4-5,8-9,15H2,1-3H3,(H,16,19). The van der Waals surface area contributed by atoms with Crippen LogP contribution in [0.3, 0.4) is 0 Å². The van der Waals surface area contributed by atoms with Crippen molar-refractivity contribution in [1.82, 2.24) is 10.2 Å². The molecule has 0 aliphatic heterocycles. The number of anilines is 1. The van der Waals surface area contributed by atoms with Crippen LogP contribution in [0.25, 0.3) is 0 Å². The molecule has 0 fully saturated rings. The van der Waals surface area contributed by atoms with E-state index in [0.717, 1.165) is 25.2 Å². The van der Waals surface area contributed by atoms with Crippen molar-refractivity contribution in [1.29, 1.82) is 0 Å². The van der Waals surface area contributed by atoms with Gasteiger partial charge in [0.05, 0.1) is 11.3 Å². The summed E-state index contributed by atoms with van der Waals surface area (Å²) in [5.41, 5.74) is 4.86. The molecule has 19 heavy (non-hydrogen) atoms. The number of nitrogens with one attached hydrogen (secondary N) is 2. The minimum absolute atomic E-state index is 0.0971. The van der Waals surface area contributed by atoms with E-state index >= 15 is 0 Å². The van der Waals surface area contributed by atoms with Gasteiger partial charge in [0.25, 0.3) is 5.91 Å². The molecule has 0 spiro atoms. The summed E-state index contributed by atoms with van der Waals surface area (Å²) in [7, 11) is 0. The van der Waals surface area contributed by atoms with Crippen molar-refractivity contribution >= 4 is 11.6 Å². The Bertz CT molecular complexity index is 416. The summed E-state index contributed by atoms with van der Waals surface area (Å²) in [6, 6.07) is 5.55. The number of hydrogen-bond acceptors (Lipinski definition) is 4. The average molecular weight is 264 g/mol. The summed E-state index contributed by atoms with van der Waals surface area (Å²) in [4.78, 5) is 14.3. The number of rotatable bonds is 7. The third kappa shape index (κ3) is 4.54. The van der Waals surface area contributed by atoms with Crippen molar-refractivity contribution in [3.8, 4) is 0 Å². The van der Waals surface area contributed by atoms with Crippen molar-refractivity contribution < 1.29 is 4.79 Å². The number of carbonyl (C=O) groups excluding carboxylic acids is 1. The molecule has 0 aliphatic rings. The number of benzene rings is 1. The van der Waals surface area contributed by atoms with Crippen LogP contribution < -0.4 is 16.6 Å². The first kappa shape index (κ1) is 15.5. The number of nitrogens with zero attached hydrogens (tertiary/aromatic N) is 1. The van der Waals surface area contributed by atoms with Crippen molar-refractivity contribution in [2.45, 2.75) is 20.8 Å². The normalized spacial score (nSPS) is 10.6. The molecule has 0 saturated heterocycles. The molecule has 0 aromatic heterocycles. The highest BCUT2D eigenvalue weighted by atomic mass is 16.1. The zero-order valence-electron chi connectivity index (χ0n) is 12.0. The van der Waals surface area contributed by atoms with Gasteiger partial charge in [0.1, 0.15) is 0 Å². The number of carbonyl (C=O) groups is 1. The molecule has 1 rings (SSSR count). The maximum atomic E-state index is 12.1. The van der Waals surface area contributed by atoms with Gasteiger partial charge in [-0.3, -0.25) is 10.6 Å². The van der Waals surface area contributed by atoms with Gasteiger partial charge < -0.3 is 15.6 Å². The lowest BCUT2D eigenvalue weighted by molar-refractivity contribution is 0.0949. The first-order valence-corrected chi connectivity index (χ1v) is 6.70. The third-order valence-corrected chi connectivity index (χ3v) is 3.18. The van der Waals surface area contributed by atoms with E-state index in [1.807, 2.05) is 19.1 Å². The Morgan fingerprint density at radius 3 is 2.58 bits per heavy atom. The zero-order chi connectivity index (χ0) is 14.3. The van der Waals surface area contributed by atoms with Gasteiger partial charge in [-0.15, -0.1) is 0 Å². The lowest BCUT2D eigenvalue weighted by Crippen LogP contribution is -2.35. The van der Waals surface area contributed by atoms with E-state index in [-0.39, 0.29) is 5.91 Å². The number of likely N-dealkylation sites (N-methyl/N-ethyl adjacent to an activating group) is 1. The summed E-state index contributed by atoms with van der Waals surface area (Å²) >= 11 is 0. The number of amides is 1. The van der Waals surface area contributed by atoms with Gasteiger partial charge >= 0.3 is 0 Å². The fraction of sp³-hybridized carbons (Fsp3) is 0.500. The van der Waals surface area contributed by atoms with E-state index in [4.69, 9.17) is 5.84 Å². The summed E-state index contributed by atoms with van der Waals surface area (Å²) in [5, 5.41) is 2.92. The lowest BCUT2D eigenvalue weighted by Gasteiger charge is -2.18. The Labute approximate surface area is 115 Å². The predicted molar refractivity (Wildman–Crippen MR) is 79.1 cm³/mol. The molecular formula is C14H24N4O. The maximum Gasteiger partial charge on any atom is 0.253 e. The largest absolute Gasteiger partial charge is 0.351 e. The molecule has 1 aromatic carbocycles. The van der Waals surface area contributed by atoms with Crippen LogP contribution >= 0.6 is 0 Å². The topological polar surface area (TPSA) is 70.4 Å². The zero-order valence-corrected chi connectivity index (χ0v) is 12.0. The third-order valence-electron chi connectivity index (χ3n) is 3.18. The molecule has 0 radical (unpaired) electrons. The highest BCUT2D eigenvalue weighted by Crippen LogP contribution is 2.16. The molecule has 4 N–H and O–H groups in total. The second-order valence-corrected chi connectivity index (χ2v) is 4.48. The van der Waals surface area contributed by atoms with Crippen LogP contribution in [0.15, 0.2) is 18.2 Å². The van der Waals surface area contributed by atoms with Gasteiger partial charge in [-0.2, -0.15) is 0 Å². The van der Waals surface area contributed by atoms with Crippen molar-refractivity contribution in [2.75, 3.05) is 31.6 Å². The summed E-state index contributed by atoms with van der Waals surface area (Å²) < 4.78 is 0. The number of nitrogen functional groups attached to an aromatic ring is 1. The van der Waals surface area contributed by atoms with Gasteiger partial charge in [0.15, 0.2) is 0 Å². The molecule has 106 valence electrons. The smallest absolute Gasteiger partial charge is 0.253 e. The minimum atomic E-state index is -0.0971. The average Bonchev–Trinajstić information content (AvgIpc) is 2.43. The highest BCUT2D eigenvalue weighted by molar-refractivity contribution is 5.99. The second kappa shape index (κ2) is 7.76. The summed E-state index contributed by atoms with van der Waals surface area (Å²) in [5.74, 6) is 5.34. The van der Waals surface area contributed by atoms with Crippen LogP contribution in [-0.4, -0.2) is 37.0 Å². The number of aryl methyl sites for hydroxylation is 1. The second-order valence-electron chi connectivity index (χ2n) is 4.48. The van der Waals surface area contributed by atoms with E-state index in [2.05, 4.69) is 29.5 Å². The fourth-order valence-electron chi connectivity index (χ4n) is 1.94. The predicted octanol–water partition coefficient (Wildman–Crippen LogP) is 1.35. The minimum Gasteiger partial charge on any atom is -0.351 e. The van der Waals surface area contributed by atoms with Crippen LogP contribution in [0.5, 0.6) is 0 Å². The number of nitrogens with two attached hydrogens (primary N) is 1. The Kier molecular flexibility index (Phi) is 6.32. The van der Waals surface area contributed by atoms with Crippen molar-refractivity contribution in [2.24, 2.45) is 5.84 Å². The Hall–Kier alpha value is -1.59. The van der Waals surface area contributed by atoms with Crippen molar-refractivity contribution in [3.63, 3.8) is 0 Å². The molecule has 0 unspecified atom stereocenters. The fourth-order valence-corrected chi connectivity index (χ4v) is 1.94. The molecule has 1 aromatic rings. The van der Waals surface area contributed by atoms with Crippen LogP contribution in [-0.2, 0) is 0 Å². The lowest BCUT2D eigenvalue weighted by atomic mass is 10.1. The highest BCUT2D eigenvalue weighted by Gasteiger charge is 2.10. The molecule has 0 bridgehead atoms. The van der Waals surface area contributed by atoms with E-state index in [1.54, 1.807) is 6.07 Å².